The van der Waals surface area contributed by atoms with Crippen LogP contribution in [-0.4, -0.2) is 18.2 Å². The maximum atomic E-state index is 11.3. The van der Waals surface area contributed by atoms with Gasteiger partial charge in [0.05, 0.1) is 12.7 Å². The van der Waals surface area contributed by atoms with Crippen LogP contribution in [0.15, 0.2) is 24.8 Å². The molecule has 0 amide bonds. The molecule has 14 heavy (non-hydrogen) atoms. The molecule has 0 fully saturated rings. The van der Waals surface area contributed by atoms with Crippen molar-refractivity contribution >= 4 is 12.0 Å². The smallest absolute Gasteiger partial charge is 0.338 e. The molecule has 1 N–H and O–H groups in total. The van der Waals surface area contributed by atoms with Gasteiger partial charge in [-0.2, -0.15) is 0 Å². The van der Waals surface area contributed by atoms with E-state index >= 15 is 0 Å². The molecule has 0 saturated carbocycles. The number of aliphatic hydroxyl groups is 1. The van der Waals surface area contributed by atoms with Crippen LogP contribution in [-0.2, 0) is 4.74 Å². The topological polar surface area (TPSA) is 46.5 Å². The van der Waals surface area contributed by atoms with Crippen molar-refractivity contribution in [3.8, 4) is 0 Å². The van der Waals surface area contributed by atoms with Crippen LogP contribution in [0.3, 0.4) is 0 Å². The van der Waals surface area contributed by atoms with Crippen molar-refractivity contribution in [2.45, 2.75) is 0 Å². The lowest BCUT2D eigenvalue weighted by Gasteiger charge is -2.07. The van der Waals surface area contributed by atoms with E-state index in [1.807, 2.05) is 0 Å². The van der Waals surface area contributed by atoms with E-state index in [-0.39, 0.29) is 0 Å². The molecule has 0 aliphatic heterocycles. The number of methoxy groups -OCH3 is 1. The molecule has 0 spiro atoms. The number of hydrogen-bond donors (Lipinski definition) is 1. The summed E-state index contributed by atoms with van der Waals surface area (Å²) < 4.78 is 4.60. The van der Waals surface area contributed by atoms with Crippen LogP contribution in [0.4, 0.5) is 0 Å². The zero-order valence-electron chi connectivity index (χ0n) is 7.86. The molecule has 3 nitrogen and oxygen atoms in total. The Morgan fingerprint density at radius 2 is 2.29 bits per heavy atom. The van der Waals surface area contributed by atoms with E-state index in [2.05, 4.69) is 11.3 Å². The lowest BCUT2D eigenvalue weighted by atomic mass is 10.0. The van der Waals surface area contributed by atoms with Gasteiger partial charge in [0.25, 0.3) is 0 Å². The first kappa shape index (κ1) is 10.5. The Bertz CT molecular complexity index is 356. The van der Waals surface area contributed by atoms with Crippen molar-refractivity contribution in [1.29, 1.82) is 0 Å². The van der Waals surface area contributed by atoms with Gasteiger partial charge < -0.3 is 9.84 Å². The molecule has 1 aromatic rings. The van der Waals surface area contributed by atoms with E-state index in [0.29, 0.717) is 16.7 Å². The van der Waals surface area contributed by atoms with Crippen molar-refractivity contribution in [3.05, 3.63) is 48.1 Å². The highest BCUT2D eigenvalue weighted by Gasteiger charge is 2.12. The summed E-state index contributed by atoms with van der Waals surface area (Å²) >= 11 is 0. The molecule has 0 saturated heterocycles. The number of aliphatic hydroxyl groups excluding tert-OH is 1. The second-order valence-electron chi connectivity index (χ2n) is 2.63. The average molecular weight is 191 g/mol. The molecular formula is C11H11O3. The Morgan fingerprint density at radius 3 is 2.79 bits per heavy atom. The predicted molar refractivity (Wildman–Crippen MR) is 53.2 cm³/mol. The zero-order chi connectivity index (χ0) is 10.6. The summed E-state index contributed by atoms with van der Waals surface area (Å²) in [6.07, 6.45) is 1.51. The first-order chi connectivity index (χ1) is 6.74. The minimum Gasteiger partial charge on any atom is -0.465 e. The highest BCUT2D eigenvalue weighted by molar-refractivity contribution is 5.94. The third-order valence-electron chi connectivity index (χ3n) is 1.89. The van der Waals surface area contributed by atoms with Gasteiger partial charge in [-0.25, -0.2) is 4.79 Å². The molecule has 0 atom stereocenters. The lowest BCUT2D eigenvalue weighted by molar-refractivity contribution is 0.0600. The van der Waals surface area contributed by atoms with Gasteiger partial charge in [0.1, 0.15) is 6.61 Å². The molecule has 1 rings (SSSR count). The molecule has 0 aromatic heterocycles. The van der Waals surface area contributed by atoms with Gasteiger partial charge in [-0.1, -0.05) is 24.8 Å². The van der Waals surface area contributed by atoms with Crippen LogP contribution in [0.25, 0.3) is 6.08 Å². The van der Waals surface area contributed by atoms with Gasteiger partial charge in [0, 0.05) is 0 Å². The van der Waals surface area contributed by atoms with Gasteiger partial charge in [-0.05, 0) is 17.2 Å². The second kappa shape index (κ2) is 4.58. The van der Waals surface area contributed by atoms with Crippen molar-refractivity contribution < 1.29 is 14.6 Å². The largest absolute Gasteiger partial charge is 0.465 e. The van der Waals surface area contributed by atoms with Crippen LogP contribution in [0.2, 0.25) is 0 Å². The van der Waals surface area contributed by atoms with Crippen LogP contribution in [0.5, 0.6) is 0 Å². The molecule has 3 heteroatoms. The quantitative estimate of drug-likeness (QED) is 0.743. The summed E-state index contributed by atoms with van der Waals surface area (Å²) in [5.74, 6) is -0.441. The van der Waals surface area contributed by atoms with Gasteiger partial charge in [0.15, 0.2) is 0 Å². The third-order valence-corrected chi connectivity index (χ3v) is 1.89. The summed E-state index contributed by atoms with van der Waals surface area (Å²) in [4.78, 5) is 11.3. The highest BCUT2D eigenvalue weighted by atomic mass is 16.5. The summed E-state index contributed by atoms with van der Waals surface area (Å²) in [5.41, 5.74) is 1.51. The minimum absolute atomic E-state index is 0.394. The number of benzene rings is 1. The first-order valence-electron chi connectivity index (χ1n) is 4.05. The van der Waals surface area contributed by atoms with Gasteiger partial charge in [-0.3, -0.25) is 0 Å². The van der Waals surface area contributed by atoms with E-state index in [1.165, 1.54) is 13.2 Å². The van der Waals surface area contributed by atoms with E-state index < -0.39 is 5.97 Å². The SMILES string of the molecule is C=Cc1c([CH]O)cccc1C(=O)OC. The summed E-state index contributed by atoms with van der Waals surface area (Å²) in [6, 6.07) is 4.97. The highest BCUT2D eigenvalue weighted by Crippen LogP contribution is 2.17. The number of rotatable bonds is 3. The number of hydrogen-bond acceptors (Lipinski definition) is 3. The molecule has 0 bridgehead atoms. The Kier molecular flexibility index (Phi) is 3.42. The van der Waals surface area contributed by atoms with E-state index in [1.54, 1.807) is 18.2 Å². The fourth-order valence-electron chi connectivity index (χ4n) is 1.21. The van der Waals surface area contributed by atoms with Crippen molar-refractivity contribution in [2.75, 3.05) is 7.11 Å². The Morgan fingerprint density at radius 1 is 1.57 bits per heavy atom. The third kappa shape index (κ3) is 1.83. The van der Waals surface area contributed by atoms with Crippen LogP contribution in [0.1, 0.15) is 21.5 Å². The maximum absolute atomic E-state index is 11.3. The predicted octanol–water partition coefficient (Wildman–Crippen LogP) is 2.00. The monoisotopic (exact) mass is 191 g/mol. The van der Waals surface area contributed by atoms with E-state index in [4.69, 9.17) is 5.11 Å². The summed E-state index contributed by atoms with van der Waals surface area (Å²) in [5, 5.41) is 8.90. The van der Waals surface area contributed by atoms with Crippen molar-refractivity contribution in [1.82, 2.24) is 0 Å². The molecule has 73 valence electrons. The Balaban J connectivity index is 3.28. The molecular weight excluding hydrogens is 180 g/mol. The molecule has 0 aliphatic rings. The maximum Gasteiger partial charge on any atom is 0.338 e. The first-order valence-corrected chi connectivity index (χ1v) is 4.05. The fourth-order valence-corrected chi connectivity index (χ4v) is 1.21. The van der Waals surface area contributed by atoms with Crippen LogP contribution < -0.4 is 0 Å². The Labute approximate surface area is 82.6 Å². The zero-order valence-corrected chi connectivity index (χ0v) is 7.86. The van der Waals surface area contributed by atoms with Crippen molar-refractivity contribution in [3.63, 3.8) is 0 Å². The van der Waals surface area contributed by atoms with Crippen molar-refractivity contribution in [2.24, 2.45) is 0 Å². The van der Waals surface area contributed by atoms with E-state index in [0.717, 1.165) is 6.61 Å². The van der Waals surface area contributed by atoms with E-state index in [9.17, 15) is 4.79 Å². The molecule has 1 aromatic carbocycles. The standard InChI is InChI=1S/C11H11O3/c1-3-9-8(7-12)5-4-6-10(9)11(13)14-2/h3-7,12H,1H2,2H3. The molecule has 0 aliphatic carbocycles. The van der Waals surface area contributed by atoms with Gasteiger partial charge in [-0.15, -0.1) is 0 Å². The summed E-state index contributed by atoms with van der Waals surface area (Å²) in [6.45, 7) is 4.51. The summed E-state index contributed by atoms with van der Waals surface area (Å²) in [7, 11) is 1.31. The normalized spacial score (nSPS) is 9.57. The van der Waals surface area contributed by atoms with Gasteiger partial charge in [0.2, 0.25) is 0 Å². The minimum atomic E-state index is -0.441. The number of carbonyl (C=O) groups is 1. The lowest BCUT2D eigenvalue weighted by Crippen LogP contribution is -2.05. The Hall–Kier alpha value is -1.61. The number of carbonyl (C=O) groups excluding carboxylic acids is 1. The molecule has 1 radical (unpaired) electrons. The molecule has 0 heterocycles. The van der Waals surface area contributed by atoms with Crippen LogP contribution >= 0.6 is 0 Å². The second-order valence-corrected chi connectivity index (χ2v) is 2.63. The average Bonchev–Trinajstić information content (AvgIpc) is 2.26. The number of ether oxygens (including phenoxy) is 1. The van der Waals surface area contributed by atoms with Crippen LogP contribution in [0, 0.1) is 6.61 Å². The number of esters is 1. The molecule has 0 unspecified atom stereocenters. The van der Waals surface area contributed by atoms with Gasteiger partial charge >= 0.3 is 5.97 Å². The fraction of sp³-hybridized carbons (Fsp3) is 0.0909.